The number of carbonyl (C=O) groups excluding carboxylic acids is 1. The Kier molecular flexibility index (Phi) is 38.9. The summed E-state index contributed by atoms with van der Waals surface area (Å²) in [6.45, 7) is 1.71. The molecular weight excluding hydrogens is 1010 g/mol. The number of amides is 1. The molecule has 0 aromatic carbocycles. The Morgan fingerprint density at radius 2 is 0.808 bits per heavy atom. The molecule has 0 bridgehead atoms. The standard InChI is InChI=1S/C59H109NO18/c1-3-5-7-9-11-13-15-17-19-20-21-23-24-26-28-30-32-34-36-43(64)42(60-47(65)37-35-33-31-29-27-25-22-18-16-14-12-10-8-6-4-2)41-73-57-53(71)50(68)55(45(39-62)75-57)78-59-54(72)51(69)56(46(40-63)76-59)77-58-52(70)49(67)48(66)44(38-61)74-58/h18,22,34,36,42-46,48-59,61-64,66-72H,3-17,19-21,23-33,35,37-41H2,1-2H3,(H,60,65)/b22-18-,36-34+. The maximum Gasteiger partial charge on any atom is 0.220 e. The highest BCUT2D eigenvalue weighted by atomic mass is 16.8. The largest absolute Gasteiger partial charge is 0.394 e. The average Bonchev–Trinajstić information content (AvgIpc) is 3.47. The van der Waals surface area contributed by atoms with E-state index in [0.29, 0.717) is 6.42 Å². The molecule has 0 spiro atoms. The molecule has 19 heteroatoms. The van der Waals surface area contributed by atoms with Gasteiger partial charge in [0, 0.05) is 6.42 Å². The summed E-state index contributed by atoms with van der Waals surface area (Å²) < 4.78 is 34.2. The van der Waals surface area contributed by atoms with E-state index in [1.807, 2.05) is 6.08 Å². The molecule has 17 unspecified atom stereocenters. The molecule has 1 amide bonds. The molecule has 0 saturated carbocycles. The van der Waals surface area contributed by atoms with Crippen molar-refractivity contribution < 1.29 is 89.4 Å². The first-order chi connectivity index (χ1) is 37.8. The second-order valence-electron chi connectivity index (χ2n) is 22.2. The van der Waals surface area contributed by atoms with Crippen molar-refractivity contribution in [2.75, 3.05) is 26.4 Å². The van der Waals surface area contributed by atoms with E-state index in [0.717, 1.165) is 64.2 Å². The van der Waals surface area contributed by atoms with Crippen molar-refractivity contribution in [2.45, 2.75) is 317 Å². The number of allylic oxidation sites excluding steroid dienone is 3. The Bertz CT molecular complexity index is 1530. The molecule has 458 valence electrons. The number of rotatable bonds is 45. The van der Waals surface area contributed by atoms with E-state index in [1.54, 1.807) is 6.08 Å². The first kappa shape index (κ1) is 70.5. The molecule has 3 aliphatic heterocycles. The zero-order valence-corrected chi connectivity index (χ0v) is 47.7. The maximum atomic E-state index is 13.3. The highest BCUT2D eigenvalue weighted by Crippen LogP contribution is 2.33. The van der Waals surface area contributed by atoms with E-state index in [4.69, 9.17) is 28.4 Å². The normalized spacial score (nSPS) is 30.6. The lowest BCUT2D eigenvalue weighted by Crippen LogP contribution is -2.66. The van der Waals surface area contributed by atoms with Gasteiger partial charge in [0.15, 0.2) is 18.9 Å². The minimum atomic E-state index is -1.98. The van der Waals surface area contributed by atoms with E-state index < -0.39 is 124 Å². The fraction of sp³-hybridized carbons (Fsp3) is 0.915. The number of aliphatic hydroxyl groups is 11. The van der Waals surface area contributed by atoms with Crippen molar-refractivity contribution in [3.8, 4) is 0 Å². The minimum absolute atomic E-state index is 0.235. The summed E-state index contributed by atoms with van der Waals surface area (Å²) in [7, 11) is 0. The Hall–Kier alpha value is -1.73. The van der Waals surface area contributed by atoms with Crippen molar-refractivity contribution in [3.63, 3.8) is 0 Å². The molecule has 3 saturated heterocycles. The summed E-state index contributed by atoms with van der Waals surface area (Å²) in [4.78, 5) is 13.3. The highest BCUT2D eigenvalue weighted by molar-refractivity contribution is 5.76. The molecule has 3 aliphatic rings. The van der Waals surface area contributed by atoms with Gasteiger partial charge in [0.2, 0.25) is 5.91 Å². The summed E-state index contributed by atoms with van der Waals surface area (Å²) in [5, 5.41) is 120. The molecule has 17 atom stereocenters. The molecule has 0 aromatic heterocycles. The van der Waals surface area contributed by atoms with Gasteiger partial charge in [-0.05, 0) is 44.9 Å². The number of hydrogen-bond donors (Lipinski definition) is 12. The van der Waals surface area contributed by atoms with Gasteiger partial charge in [-0.15, -0.1) is 0 Å². The number of ether oxygens (including phenoxy) is 6. The second-order valence-corrected chi connectivity index (χ2v) is 22.2. The number of carbonyl (C=O) groups is 1. The van der Waals surface area contributed by atoms with Crippen LogP contribution in [0.5, 0.6) is 0 Å². The minimum Gasteiger partial charge on any atom is -0.394 e. The second kappa shape index (κ2) is 43.0. The van der Waals surface area contributed by atoms with Gasteiger partial charge in [-0.3, -0.25) is 4.79 Å². The van der Waals surface area contributed by atoms with Crippen LogP contribution in [0.1, 0.15) is 213 Å². The average molecular weight is 1120 g/mol. The van der Waals surface area contributed by atoms with Crippen LogP contribution in [0, 0.1) is 0 Å². The summed E-state index contributed by atoms with van der Waals surface area (Å²) >= 11 is 0. The Labute approximate surface area is 467 Å². The maximum absolute atomic E-state index is 13.3. The van der Waals surface area contributed by atoms with Crippen LogP contribution in [0.25, 0.3) is 0 Å². The fourth-order valence-corrected chi connectivity index (χ4v) is 10.4. The molecule has 78 heavy (non-hydrogen) atoms. The van der Waals surface area contributed by atoms with Gasteiger partial charge in [0.25, 0.3) is 0 Å². The van der Waals surface area contributed by atoms with E-state index in [1.165, 1.54) is 122 Å². The van der Waals surface area contributed by atoms with E-state index >= 15 is 0 Å². The highest BCUT2D eigenvalue weighted by Gasteiger charge is 2.53. The van der Waals surface area contributed by atoms with Crippen molar-refractivity contribution in [3.05, 3.63) is 24.3 Å². The van der Waals surface area contributed by atoms with Crippen LogP contribution in [0.3, 0.4) is 0 Å². The Balaban J connectivity index is 1.51. The molecular formula is C59H109NO18. The molecule has 0 aliphatic carbocycles. The van der Waals surface area contributed by atoms with E-state index in [9.17, 15) is 61.0 Å². The number of nitrogens with one attached hydrogen (secondary N) is 1. The lowest BCUT2D eigenvalue weighted by atomic mass is 9.96. The smallest absolute Gasteiger partial charge is 0.220 e. The number of aliphatic hydroxyl groups excluding tert-OH is 11. The summed E-state index contributed by atoms with van der Waals surface area (Å²) in [6, 6.07) is -0.974. The topological polar surface area (TPSA) is 307 Å². The van der Waals surface area contributed by atoms with Gasteiger partial charge in [-0.1, -0.05) is 186 Å². The molecule has 3 fully saturated rings. The quantitative estimate of drug-likeness (QED) is 0.0263. The van der Waals surface area contributed by atoms with Crippen LogP contribution in [-0.2, 0) is 33.2 Å². The van der Waals surface area contributed by atoms with Crippen LogP contribution < -0.4 is 5.32 Å². The molecule has 3 rings (SSSR count). The van der Waals surface area contributed by atoms with Crippen LogP contribution in [0.4, 0.5) is 0 Å². The monoisotopic (exact) mass is 1120 g/mol. The van der Waals surface area contributed by atoms with Gasteiger partial charge in [-0.2, -0.15) is 0 Å². The van der Waals surface area contributed by atoms with Crippen molar-refractivity contribution in [1.82, 2.24) is 5.32 Å². The van der Waals surface area contributed by atoms with E-state index in [2.05, 4.69) is 31.3 Å². The third kappa shape index (κ3) is 26.7. The van der Waals surface area contributed by atoms with Gasteiger partial charge < -0.3 is 89.9 Å². The number of hydrogen-bond acceptors (Lipinski definition) is 18. The Morgan fingerprint density at radius 1 is 0.449 bits per heavy atom. The van der Waals surface area contributed by atoms with Crippen LogP contribution in [0.2, 0.25) is 0 Å². The first-order valence-corrected chi connectivity index (χ1v) is 30.6. The summed E-state index contributed by atoms with van der Waals surface area (Å²) in [6.07, 6.45) is 17.2. The van der Waals surface area contributed by atoms with Crippen molar-refractivity contribution in [2.24, 2.45) is 0 Å². The van der Waals surface area contributed by atoms with Gasteiger partial charge >= 0.3 is 0 Å². The zero-order valence-electron chi connectivity index (χ0n) is 47.7. The predicted molar refractivity (Wildman–Crippen MR) is 296 cm³/mol. The fourth-order valence-electron chi connectivity index (χ4n) is 10.4. The Morgan fingerprint density at radius 3 is 1.24 bits per heavy atom. The van der Waals surface area contributed by atoms with Gasteiger partial charge in [0.1, 0.15) is 73.2 Å². The molecule has 0 aromatic rings. The predicted octanol–water partition coefficient (Wildman–Crippen LogP) is 5.54. The number of unbranched alkanes of at least 4 members (excludes halogenated alkanes) is 27. The lowest BCUT2D eigenvalue weighted by Gasteiger charge is -2.48. The summed E-state index contributed by atoms with van der Waals surface area (Å²) in [5.41, 5.74) is 0. The molecule has 3 heterocycles. The summed E-state index contributed by atoms with van der Waals surface area (Å²) in [5.74, 6) is -0.284. The van der Waals surface area contributed by atoms with E-state index in [-0.39, 0.29) is 18.9 Å². The van der Waals surface area contributed by atoms with Crippen molar-refractivity contribution >= 4 is 5.91 Å². The van der Waals surface area contributed by atoms with Crippen LogP contribution in [0.15, 0.2) is 24.3 Å². The first-order valence-electron chi connectivity index (χ1n) is 30.6. The van der Waals surface area contributed by atoms with Crippen LogP contribution >= 0.6 is 0 Å². The third-order valence-corrected chi connectivity index (χ3v) is 15.5. The van der Waals surface area contributed by atoms with Crippen LogP contribution in [-0.4, -0.2) is 193 Å². The van der Waals surface area contributed by atoms with Gasteiger partial charge in [-0.25, -0.2) is 0 Å². The molecule has 0 radical (unpaired) electrons. The molecule has 19 nitrogen and oxygen atoms in total. The third-order valence-electron chi connectivity index (χ3n) is 15.5. The van der Waals surface area contributed by atoms with Crippen molar-refractivity contribution in [1.29, 1.82) is 0 Å². The molecule has 12 N–H and O–H groups in total. The lowest BCUT2D eigenvalue weighted by molar-refractivity contribution is -0.379. The van der Waals surface area contributed by atoms with Gasteiger partial charge in [0.05, 0.1) is 38.6 Å². The SMILES string of the molecule is CCCCCCCC/C=C\CCCCCCCC(=O)NC(COC1OC(CO)C(OC2OC(CO)C(OC3OC(CO)C(O)C(O)C3O)C(O)C2O)C(O)C1O)C(O)/C=C/CCCCCCCCCCCCCCCCCC. The zero-order chi connectivity index (χ0) is 56.9.